The maximum Gasteiger partial charge on any atom is 0.242 e. The van der Waals surface area contributed by atoms with Crippen molar-refractivity contribution in [2.45, 2.75) is 45.6 Å². The molecule has 98 valence electrons. The van der Waals surface area contributed by atoms with Crippen molar-refractivity contribution >= 4 is 11.8 Å². The van der Waals surface area contributed by atoms with Crippen molar-refractivity contribution in [3.63, 3.8) is 0 Å². The molecule has 1 rings (SSSR count). The molecule has 5 nitrogen and oxygen atoms in total. The number of amides is 2. The first kappa shape index (κ1) is 14.0. The van der Waals surface area contributed by atoms with Gasteiger partial charge in [-0.1, -0.05) is 13.8 Å². The van der Waals surface area contributed by atoms with Crippen LogP contribution in [-0.2, 0) is 9.59 Å². The molecule has 0 spiro atoms. The molecule has 1 fully saturated rings. The monoisotopic (exact) mass is 241 g/mol. The Morgan fingerprint density at radius 2 is 1.88 bits per heavy atom. The van der Waals surface area contributed by atoms with E-state index in [0.29, 0.717) is 32.4 Å². The molecule has 2 amide bonds. The van der Waals surface area contributed by atoms with Crippen LogP contribution in [0, 0.1) is 5.41 Å². The standard InChI is InChI=1S/C12H23N3O2/c1-4-12(14,5-2)10(17)15-7-6-11(3,8-15)9(13)16/h4-8,14H2,1-3H3,(H2,13,16). The molecule has 0 radical (unpaired) electrons. The highest BCUT2D eigenvalue weighted by atomic mass is 16.2. The molecule has 1 saturated heterocycles. The lowest BCUT2D eigenvalue weighted by Gasteiger charge is -2.31. The summed E-state index contributed by atoms with van der Waals surface area (Å²) in [5, 5.41) is 0. The van der Waals surface area contributed by atoms with Gasteiger partial charge in [-0.05, 0) is 26.2 Å². The zero-order chi connectivity index (χ0) is 13.3. The van der Waals surface area contributed by atoms with Gasteiger partial charge in [0.2, 0.25) is 11.8 Å². The number of nitrogens with zero attached hydrogens (tertiary/aromatic N) is 1. The van der Waals surface area contributed by atoms with E-state index in [0.717, 1.165) is 0 Å². The van der Waals surface area contributed by atoms with Crippen molar-refractivity contribution in [1.82, 2.24) is 4.90 Å². The van der Waals surface area contributed by atoms with Gasteiger partial charge < -0.3 is 16.4 Å². The molecule has 1 heterocycles. The fourth-order valence-electron chi connectivity index (χ4n) is 2.20. The lowest BCUT2D eigenvalue weighted by molar-refractivity contribution is -0.137. The van der Waals surface area contributed by atoms with Gasteiger partial charge in [0.1, 0.15) is 0 Å². The Hall–Kier alpha value is -1.10. The summed E-state index contributed by atoms with van der Waals surface area (Å²) in [7, 11) is 0. The predicted octanol–water partition coefficient (Wildman–Crippen LogP) is 0.228. The average Bonchev–Trinajstić information content (AvgIpc) is 2.71. The number of primary amides is 1. The minimum Gasteiger partial charge on any atom is -0.369 e. The van der Waals surface area contributed by atoms with Gasteiger partial charge >= 0.3 is 0 Å². The second-order valence-corrected chi connectivity index (χ2v) is 5.26. The van der Waals surface area contributed by atoms with Crippen LogP contribution in [0.25, 0.3) is 0 Å². The Morgan fingerprint density at radius 1 is 1.35 bits per heavy atom. The van der Waals surface area contributed by atoms with Crippen molar-refractivity contribution in [2.24, 2.45) is 16.9 Å². The predicted molar refractivity (Wildman–Crippen MR) is 66.0 cm³/mol. The molecule has 0 saturated carbocycles. The van der Waals surface area contributed by atoms with E-state index >= 15 is 0 Å². The summed E-state index contributed by atoms with van der Waals surface area (Å²) in [4.78, 5) is 25.3. The summed E-state index contributed by atoms with van der Waals surface area (Å²) in [5.41, 5.74) is 10.0. The third-order valence-electron chi connectivity index (χ3n) is 4.04. The molecule has 0 bridgehead atoms. The number of rotatable bonds is 4. The van der Waals surface area contributed by atoms with Gasteiger partial charge in [0.15, 0.2) is 0 Å². The number of hydrogen-bond donors (Lipinski definition) is 2. The van der Waals surface area contributed by atoms with Crippen LogP contribution >= 0.6 is 0 Å². The Kier molecular flexibility index (Phi) is 3.81. The SMILES string of the molecule is CCC(N)(CC)C(=O)N1CCC(C)(C(N)=O)C1. The van der Waals surface area contributed by atoms with Crippen LogP contribution in [0.1, 0.15) is 40.0 Å². The van der Waals surface area contributed by atoms with Crippen molar-refractivity contribution in [2.75, 3.05) is 13.1 Å². The van der Waals surface area contributed by atoms with Gasteiger partial charge in [0, 0.05) is 13.1 Å². The van der Waals surface area contributed by atoms with Crippen LogP contribution in [0.4, 0.5) is 0 Å². The zero-order valence-corrected chi connectivity index (χ0v) is 11.0. The summed E-state index contributed by atoms with van der Waals surface area (Å²) in [6.07, 6.45) is 1.83. The average molecular weight is 241 g/mol. The molecular formula is C12H23N3O2. The lowest BCUT2D eigenvalue weighted by Crippen LogP contribution is -2.54. The quantitative estimate of drug-likeness (QED) is 0.738. The van der Waals surface area contributed by atoms with Crippen LogP contribution in [0.5, 0.6) is 0 Å². The van der Waals surface area contributed by atoms with E-state index < -0.39 is 11.0 Å². The second-order valence-electron chi connectivity index (χ2n) is 5.26. The molecule has 1 atom stereocenters. The van der Waals surface area contributed by atoms with E-state index in [-0.39, 0.29) is 11.8 Å². The van der Waals surface area contributed by atoms with E-state index in [1.807, 2.05) is 13.8 Å². The van der Waals surface area contributed by atoms with Crippen LogP contribution in [0.3, 0.4) is 0 Å². The summed E-state index contributed by atoms with van der Waals surface area (Å²) < 4.78 is 0. The van der Waals surface area contributed by atoms with Crippen molar-refractivity contribution in [3.8, 4) is 0 Å². The molecule has 0 aromatic heterocycles. The van der Waals surface area contributed by atoms with Gasteiger partial charge in [0.25, 0.3) is 0 Å². The van der Waals surface area contributed by atoms with Crippen LogP contribution < -0.4 is 11.5 Å². The molecule has 17 heavy (non-hydrogen) atoms. The Morgan fingerprint density at radius 3 is 2.24 bits per heavy atom. The Bertz CT molecular complexity index is 326. The number of hydrogen-bond acceptors (Lipinski definition) is 3. The van der Waals surface area contributed by atoms with Crippen molar-refractivity contribution < 1.29 is 9.59 Å². The van der Waals surface area contributed by atoms with Gasteiger partial charge in [0.05, 0.1) is 11.0 Å². The van der Waals surface area contributed by atoms with E-state index in [4.69, 9.17) is 11.5 Å². The molecule has 0 aromatic carbocycles. The van der Waals surface area contributed by atoms with Crippen molar-refractivity contribution in [3.05, 3.63) is 0 Å². The molecular weight excluding hydrogens is 218 g/mol. The first-order chi connectivity index (χ1) is 7.79. The third-order valence-corrected chi connectivity index (χ3v) is 4.04. The number of nitrogens with two attached hydrogens (primary N) is 2. The summed E-state index contributed by atoms with van der Waals surface area (Å²) in [5.74, 6) is -0.407. The zero-order valence-electron chi connectivity index (χ0n) is 11.0. The number of carbonyl (C=O) groups is 2. The van der Waals surface area contributed by atoms with Crippen LogP contribution in [0.2, 0.25) is 0 Å². The van der Waals surface area contributed by atoms with E-state index in [1.54, 1.807) is 11.8 Å². The minimum absolute atomic E-state index is 0.0625. The molecule has 0 aliphatic carbocycles. The first-order valence-electron chi connectivity index (χ1n) is 6.17. The van der Waals surface area contributed by atoms with Crippen molar-refractivity contribution in [1.29, 1.82) is 0 Å². The Balaban J connectivity index is 2.78. The highest BCUT2D eigenvalue weighted by Crippen LogP contribution is 2.31. The molecule has 5 heteroatoms. The normalized spacial score (nSPS) is 25.1. The maximum atomic E-state index is 12.3. The third kappa shape index (κ3) is 2.44. The summed E-state index contributed by atoms with van der Waals surface area (Å²) in [6, 6.07) is 0. The fraction of sp³-hybridized carbons (Fsp3) is 0.833. The highest BCUT2D eigenvalue weighted by Gasteiger charge is 2.44. The van der Waals surface area contributed by atoms with Gasteiger partial charge in [-0.3, -0.25) is 9.59 Å². The summed E-state index contributed by atoms with van der Waals surface area (Å²) >= 11 is 0. The molecule has 1 aliphatic heterocycles. The van der Waals surface area contributed by atoms with E-state index in [9.17, 15) is 9.59 Å². The van der Waals surface area contributed by atoms with Gasteiger partial charge in [-0.2, -0.15) is 0 Å². The smallest absolute Gasteiger partial charge is 0.242 e. The van der Waals surface area contributed by atoms with Gasteiger partial charge in [-0.15, -0.1) is 0 Å². The van der Waals surface area contributed by atoms with Crippen LogP contribution in [0.15, 0.2) is 0 Å². The van der Waals surface area contributed by atoms with E-state index in [1.165, 1.54) is 0 Å². The number of carbonyl (C=O) groups excluding carboxylic acids is 2. The summed E-state index contributed by atoms with van der Waals surface area (Å²) in [6.45, 7) is 6.57. The first-order valence-corrected chi connectivity index (χ1v) is 6.17. The maximum absolute atomic E-state index is 12.3. The van der Waals surface area contributed by atoms with E-state index in [2.05, 4.69) is 0 Å². The Labute approximate surface area is 103 Å². The lowest BCUT2D eigenvalue weighted by atomic mass is 9.89. The molecule has 1 aliphatic rings. The largest absolute Gasteiger partial charge is 0.369 e. The molecule has 4 N–H and O–H groups in total. The van der Waals surface area contributed by atoms with Gasteiger partial charge in [-0.25, -0.2) is 0 Å². The minimum atomic E-state index is -0.803. The molecule has 0 aromatic rings. The highest BCUT2D eigenvalue weighted by molar-refractivity contribution is 5.88. The van der Waals surface area contributed by atoms with Crippen LogP contribution in [-0.4, -0.2) is 35.3 Å². The second kappa shape index (κ2) is 4.64. The topological polar surface area (TPSA) is 89.4 Å². The number of likely N-dealkylation sites (tertiary alicyclic amines) is 1. The molecule has 1 unspecified atom stereocenters. The fourth-order valence-corrected chi connectivity index (χ4v) is 2.20.